The summed E-state index contributed by atoms with van der Waals surface area (Å²) in [6.45, 7) is 2.29. The van der Waals surface area contributed by atoms with Gasteiger partial charge in [0.15, 0.2) is 5.78 Å². The highest BCUT2D eigenvalue weighted by Crippen LogP contribution is 2.15. The lowest BCUT2D eigenvalue weighted by molar-refractivity contribution is 0.102. The summed E-state index contributed by atoms with van der Waals surface area (Å²) in [5, 5.41) is 0. The summed E-state index contributed by atoms with van der Waals surface area (Å²) < 4.78 is 0. The third-order valence-electron chi connectivity index (χ3n) is 5.47. The quantitative estimate of drug-likeness (QED) is 0.159. The summed E-state index contributed by atoms with van der Waals surface area (Å²) in [5.74, 6) is 2.02. The molecule has 0 saturated heterocycles. The third-order valence-corrected chi connectivity index (χ3v) is 6.51. The number of carbonyl (C=O) groups is 1. The normalized spacial score (nSPS) is 11.0. The van der Waals surface area contributed by atoms with Crippen molar-refractivity contribution in [2.75, 3.05) is 11.5 Å². The molecule has 1 aromatic rings. The largest absolute Gasteiger partial charge is 0.293 e. The van der Waals surface area contributed by atoms with Gasteiger partial charge in [0.1, 0.15) is 0 Å². The van der Waals surface area contributed by atoms with Crippen molar-refractivity contribution in [3.8, 4) is 0 Å². The van der Waals surface area contributed by atoms with Crippen molar-refractivity contribution in [3.05, 3.63) is 35.9 Å². The lowest BCUT2D eigenvalue weighted by atomic mass is 10.0. The lowest BCUT2D eigenvalue weighted by Crippen LogP contribution is -2.02. The first-order valence-corrected chi connectivity index (χ1v) is 13.2. The van der Waals surface area contributed by atoms with Gasteiger partial charge in [-0.1, -0.05) is 134 Å². The highest BCUT2D eigenvalue weighted by Gasteiger charge is 2.04. The van der Waals surface area contributed by atoms with Crippen molar-refractivity contribution < 1.29 is 4.79 Å². The van der Waals surface area contributed by atoms with Crippen LogP contribution in [0, 0.1) is 0 Å². The van der Waals surface area contributed by atoms with Crippen molar-refractivity contribution >= 4 is 17.5 Å². The molecule has 0 radical (unpaired) electrons. The number of thioether (sulfide) groups is 1. The molecule has 0 saturated carbocycles. The average Bonchev–Trinajstić information content (AvgIpc) is 2.73. The van der Waals surface area contributed by atoms with Crippen LogP contribution in [0.3, 0.4) is 0 Å². The maximum Gasteiger partial charge on any atom is 0.172 e. The van der Waals surface area contributed by atoms with E-state index in [0.717, 1.165) is 11.3 Å². The Morgan fingerprint density at radius 2 is 1.07 bits per heavy atom. The highest BCUT2D eigenvalue weighted by atomic mass is 32.2. The van der Waals surface area contributed by atoms with E-state index >= 15 is 0 Å². The predicted octanol–water partition coefficient (Wildman–Crippen LogP) is 8.86. The van der Waals surface area contributed by atoms with Gasteiger partial charge in [-0.3, -0.25) is 4.79 Å². The second-order valence-corrected chi connectivity index (χ2v) is 9.25. The van der Waals surface area contributed by atoms with E-state index in [2.05, 4.69) is 6.92 Å². The van der Waals surface area contributed by atoms with Gasteiger partial charge in [0, 0.05) is 5.56 Å². The molecule has 0 aromatic heterocycles. The standard InChI is InChI=1S/C26H44OS/c1-2-3-4-5-6-7-8-9-10-11-12-13-14-15-16-20-23-28-24-26(27)25-21-18-17-19-22-25/h17-19,21-22H,2-16,20,23-24H2,1H3. The zero-order chi connectivity index (χ0) is 20.1. The van der Waals surface area contributed by atoms with Crippen molar-refractivity contribution in [1.29, 1.82) is 0 Å². The summed E-state index contributed by atoms with van der Waals surface area (Å²) in [5.41, 5.74) is 0.849. The number of ketones is 1. The molecule has 0 N–H and O–H groups in total. The number of unbranched alkanes of at least 4 members (excludes halogenated alkanes) is 15. The molecule has 0 unspecified atom stereocenters. The second kappa shape index (κ2) is 19.6. The van der Waals surface area contributed by atoms with Gasteiger partial charge in [0.2, 0.25) is 0 Å². The molecule has 1 nitrogen and oxygen atoms in total. The molecule has 160 valence electrons. The smallest absolute Gasteiger partial charge is 0.172 e. The minimum Gasteiger partial charge on any atom is -0.293 e. The fourth-order valence-corrected chi connectivity index (χ4v) is 4.53. The SMILES string of the molecule is CCCCCCCCCCCCCCCCCCSCC(=O)c1ccccc1. The molecule has 1 aromatic carbocycles. The first-order valence-electron chi connectivity index (χ1n) is 12.0. The molecule has 0 spiro atoms. The van der Waals surface area contributed by atoms with Crippen LogP contribution < -0.4 is 0 Å². The fourth-order valence-electron chi connectivity index (χ4n) is 3.62. The van der Waals surface area contributed by atoms with Crippen LogP contribution in [0.1, 0.15) is 120 Å². The molecule has 0 amide bonds. The van der Waals surface area contributed by atoms with Gasteiger partial charge >= 0.3 is 0 Å². The molecule has 1 rings (SSSR count). The zero-order valence-electron chi connectivity index (χ0n) is 18.4. The summed E-state index contributed by atoms with van der Waals surface area (Å²) in [6, 6.07) is 9.66. The van der Waals surface area contributed by atoms with Crippen LogP contribution in [0.2, 0.25) is 0 Å². The van der Waals surface area contributed by atoms with E-state index in [-0.39, 0.29) is 5.78 Å². The molecule has 0 atom stereocenters. The van der Waals surface area contributed by atoms with Crippen molar-refractivity contribution in [3.63, 3.8) is 0 Å². The molecule has 0 aliphatic heterocycles. The van der Waals surface area contributed by atoms with Gasteiger partial charge in [-0.2, -0.15) is 11.8 Å². The first-order chi connectivity index (χ1) is 13.8. The van der Waals surface area contributed by atoms with Crippen LogP contribution in [-0.4, -0.2) is 17.3 Å². The molecular weight excluding hydrogens is 360 g/mol. The first kappa shape index (κ1) is 25.3. The van der Waals surface area contributed by atoms with Crippen LogP contribution in [0.4, 0.5) is 0 Å². The maximum absolute atomic E-state index is 12.0. The molecule has 0 aliphatic carbocycles. The Bertz CT molecular complexity index is 457. The number of rotatable bonds is 20. The van der Waals surface area contributed by atoms with Gasteiger partial charge in [-0.05, 0) is 12.2 Å². The van der Waals surface area contributed by atoms with E-state index in [0.29, 0.717) is 5.75 Å². The molecule has 0 fully saturated rings. The summed E-state index contributed by atoms with van der Waals surface area (Å²) in [7, 11) is 0. The summed E-state index contributed by atoms with van der Waals surface area (Å²) >= 11 is 1.79. The maximum atomic E-state index is 12.0. The topological polar surface area (TPSA) is 17.1 Å². The molecule has 0 bridgehead atoms. The predicted molar refractivity (Wildman–Crippen MR) is 128 cm³/mol. The van der Waals surface area contributed by atoms with Crippen molar-refractivity contribution in [1.82, 2.24) is 0 Å². The van der Waals surface area contributed by atoms with Crippen LogP contribution in [0.25, 0.3) is 0 Å². The zero-order valence-corrected chi connectivity index (χ0v) is 19.2. The molecule has 0 aliphatic rings. The Kier molecular flexibility index (Phi) is 17.7. The van der Waals surface area contributed by atoms with Crippen molar-refractivity contribution in [2.45, 2.75) is 110 Å². The van der Waals surface area contributed by atoms with E-state index in [9.17, 15) is 4.79 Å². The Hall–Kier alpha value is -0.760. The van der Waals surface area contributed by atoms with Gasteiger partial charge in [0.25, 0.3) is 0 Å². The molecular formula is C26H44OS. The Morgan fingerprint density at radius 3 is 1.54 bits per heavy atom. The number of Topliss-reactive ketones (excluding diaryl/α,β-unsaturated/α-hetero) is 1. The Balaban J connectivity index is 1.74. The Morgan fingerprint density at radius 1 is 0.643 bits per heavy atom. The minimum atomic E-state index is 0.266. The van der Waals surface area contributed by atoms with Gasteiger partial charge in [0.05, 0.1) is 5.75 Å². The van der Waals surface area contributed by atoms with Crippen LogP contribution >= 0.6 is 11.8 Å². The number of carbonyl (C=O) groups excluding carboxylic acids is 1. The van der Waals surface area contributed by atoms with Crippen LogP contribution in [0.15, 0.2) is 30.3 Å². The van der Waals surface area contributed by atoms with E-state index in [1.807, 2.05) is 30.3 Å². The molecule has 0 heterocycles. The van der Waals surface area contributed by atoms with Crippen molar-refractivity contribution in [2.24, 2.45) is 0 Å². The number of hydrogen-bond donors (Lipinski definition) is 0. The number of benzene rings is 1. The lowest BCUT2D eigenvalue weighted by Gasteiger charge is -2.04. The van der Waals surface area contributed by atoms with E-state index in [1.165, 1.54) is 103 Å². The summed E-state index contributed by atoms with van der Waals surface area (Å²) in [4.78, 5) is 12.0. The number of hydrogen-bond acceptors (Lipinski definition) is 2. The summed E-state index contributed by atoms with van der Waals surface area (Å²) in [6.07, 6.45) is 22.6. The van der Waals surface area contributed by atoms with Crippen LogP contribution in [0.5, 0.6) is 0 Å². The third kappa shape index (κ3) is 15.2. The monoisotopic (exact) mass is 404 g/mol. The van der Waals surface area contributed by atoms with Gasteiger partial charge in [-0.15, -0.1) is 0 Å². The fraction of sp³-hybridized carbons (Fsp3) is 0.731. The van der Waals surface area contributed by atoms with Gasteiger partial charge in [-0.25, -0.2) is 0 Å². The second-order valence-electron chi connectivity index (χ2n) is 8.15. The minimum absolute atomic E-state index is 0.266. The van der Waals surface area contributed by atoms with Gasteiger partial charge < -0.3 is 0 Å². The van der Waals surface area contributed by atoms with Crippen LogP contribution in [-0.2, 0) is 0 Å². The molecule has 2 heteroatoms. The van der Waals surface area contributed by atoms with E-state index in [4.69, 9.17) is 0 Å². The Labute approximate surface area is 179 Å². The van der Waals surface area contributed by atoms with E-state index in [1.54, 1.807) is 11.8 Å². The average molecular weight is 405 g/mol. The highest BCUT2D eigenvalue weighted by molar-refractivity contribution is 7.99. The molecule has 28 heavy (non-hydrogen) atoms. The van der Waals surface area contributed by atoms with E-state index < -0.39 is 0 Å².